The zero-order chi connectivity index (χ0) is 14.7. The van der Waals surface area contributed by atoms with E-state index in [1.165, 1.54) is 24.4 Å². The average molecular weight is 316 g/mol. The van der Waals surface area contributed by atoms with Crippen LogP contribution in [0.15, 0.2) is 35.6 Å². The maximum Gasteiger partial charge on any atom is 0.238 e. The Morgan fingerprint density at radius 3 is 2.75 bits per heavy atom. The van der Waals surface area contributed by atoms with E-state index >= 15 is 0 Å². The monoisotopic (exact) mass is 315 g/mol. The molecule has 20 heavy (non-hydrogen) atoms. The number of aromatic nitrogens is 1. The minimum absolute atomic E-state index is 0.00232. The first-order valence-corrected chi connectivity index (χ1v) is 6.04. The number of nitrogens with two attached hydrogens (primary N) is 1. The standard InChI is InChI=1S/C12H8Cl2FN3O2/c13-8-2-1-6(5-9(8)15)20-12-10(14)7(3-4-17-12)11(16)18-19/h1-5,19H,(H2,16,18). The van der Waals surface area contributed by atoms with Gasteiger partial charge in [-0.1, -0.05) is 28.4 Å². The molecule has 0 fully saturated rings. The van der Waals surface area contributed by atoms with Gasteiger partial charge in [-0.2, -0.15) is 0 Å². The lowest BCUT2D eigenvalue weighted by atomic mass is 10.2. The molecule has 2 rings (SSSR count). The highest BCUT2D eigenvalue weighted by Crippen LogP contribution is 2.31. The fraction of sp³-hybridized carbons (Fsp3) is 0. The molecule has 0 bridgehead atoms. The fourth-order valence-electron chi connectivity index (χ4n) is 1.40. The number of benzene rings is 1. The van der Waals surface area contributed by atoms with Crippen molar-refractivity contribution in [3.05, 3.63) is 51.9 Å². The van der Waals surface area contributed by atoms with E-state index in [4.69, 9.17) is 38.9 Å². The predicted octanol–water partition coefficient (Wildman–Crippen LogP) is 3.41. The van der Waals surface area contributed by atoms with Crippen molar-refractivity contribution in [1.29, 1.82) is 0 Å². The largest absolute Gasteiger partial charge is 0.437 e. The van der Waals surface area contributed by atoms with Crippen LogP contribution in [0, 0.1) is 5.82 Å². The van der Waals surface area contributed by atoms with Crippen LogP contribution in [0.5, 0.6) is 11.6 Å². The summed E-state index contributed by atoms with van der Waals surface area (Å²) in [7, 11) is 0. The maximum absolute atomic E-state index is 13.3. The summed E-state index contributed by atoms with van der Waals surface area (Å²) in [6.07, 6.45) is 1.36. The van der Waals surface area contributed by atoms with Crippen molar-refractivity contribution >= 4 is 29.0 Å². The van der Waals surface area contributed by atoms with Crippen LogP contribution in [0.2, 0.25) is 10.0 Å². The van der Waals surface area contributed by atoms with Crippen LogP contribution in [-0.4, -0.2) is 16.0 Å². The van der Waals surface area contributed by atoms with E-state index in [2.05, 4.69) is 10.1 Å². The number of oxime groups is 1. The molecule has 8 heteroatoms. The normalized spacial score (nSPS) is 11.4. The molecular formula is C12H8Cl2FN3O2. The van der Waals surface area contributed by atoms with Gasteiger partial charge in [0.1, 0.15) is 16.6 Å². The second kappa shape index (κ2) is 5.94. The molecule has 1 aromatic heterocycles. The first-order chi connectivity index (χ1) is 9.52. The summed E-state index contributed by atoms with van der Waals surface area (Å²) in [5.74, 6) is -0.659. The van der Waals surface area contributed by atoms with E-state index in [1.54, 1.807) is 0 Å². The highest BCUT2D eigenvalue weighted by Gasteiger charge is 2.13. The lowest BCUT2D eigenvalue weighted by molar-refractivity contribution is 0.318. The van der Waals surface area contributed by atoms with Gasteiger partial charge in [0.05, 0.1) is 5.02 Å². The smallest absolute Gasteiger partial charge is 0.238 e. The molecule has 0 amide bonds. The van der Waals surface area contributed by atoms with Crippen LogP contribution in [-0.2, 0) is 0 Å². The van der Waals surface area contributed by atoms with E-state index in [-0.39, 0.29) is 33.1 Å². The van der Waals surface area contributed by atoms with Gasteiger partial charge in [0.25, 0.3) is 0 Å². The SMILES string of the molecule is N/C(=N/O)c1ccnc(Oc2ccc(Cl)c(F)c2)c1Cl. The van der Waals surface area contributed by atoms with Crippen LogP contribution in [0.3, 0.4) is 0 Å². The van der Waals surface area contributed by atoms with E-state index in [9.17, 15) is 4.39 Å². The molecule has 0 aliphatic carbocycles. The van der Waals surface area contributed by atoms with Crippen LogP contribution < -0.4 is 10.5 Å². The Morgan fingerprint density at radius 2 is 2.10 bits per heavy atom. The van der Waals surface area contributed by atoms with Crippen LogP contribution in [0.25, 0.3) is 0 Å². The lowest BCUT2D eigenvalue weighted by Gasteiger charge is -2.09. The van der Waals surface area contributed by atoms with Crippen molar-refractivity contribution in [2.75, 3.05) is 0 Å². The number of hydrogen-bond donors (Lipinski definition) is 2. The molecule has 1 aromatic carbocycles. The van der Waals surface area contributed by atoms with Gasteiger partial charge in [0.15, 0.2) is 5.84 Å². The first kappa shape index (κ1) is 14.4. The van der Waals surface area contributed by atoms with Crippen LogP contribution in [0.4, 0.5) is 4.39 Å². The molecule has 0 spiro atoms. The van der Waals surface area contributed by atoms with Crippen molar-refractivity contribution in [1.82, 2.24) is 4.98 Å². The number of ether oxygens (including phenoxy) is 1. The number of nitrogens with zero attached hydrogens (tertiary/aromatic N) is 2. The molecule has 0 aliphatic heterocycles. The van der Waals surface area contributed by atoms with Gasteiger partial charge in [0.2, 0.25) is 5.88 Å². The summed E-state index contributed by atoms with van der Waals surface area (Å²) in [5, 5.41) is 11.5. The molecule has 0 saturated heterocycles. The summed E-state index contributed by atoms with van der Waals surface area (Å²) in [4.78, 5) is 3.90. The van der Waals surface area contributed by atoms with Crippen LogP contribution in [0.1, 0.15) is 5.56 Å². The van der Waals surface area contributed by atoms with Gasteiger partial charge in [-0.3, -0.25) is 0 Å². The first-order valence-electron chi connectivity index (χ1n) is 5.28. The molecule has 0 radical (unpaired) electrons. The summed E-state index contributed by atoms with van der Waals surface area (Å²) in [6.45, 7) is 0. The minimum Gasteiger partial charge on any atom is -0.437 e. The highest BCUT2D eigenvalue weighted by molar-refractivity contribution is 6.35. The third-order valence-corrected chi connectivity index (χ3v) is 3.02. The third kappa shape index (κ3) is 2.92. The number of rotatable bonds is 3. The molecule has 0 aliphatic rings. The van der Waals surface area contributed by atoms with Crippen LogP contribution >= 0.6 is 23.2 Å². The van der Waals surface area contributed by atoms with Gasteiger partial charge in [-0.25, -0.2) is 9.37 Å². The Bertz CT molecular complexity index is 680. The highest BCUT2D eigenvalue weighted by atomic mass is 35.5. The summed E-state index contributed by atoms with van der Waals surface area (Å²) in [5.41, 5.74) is 5.70. The van der Waals surface area contributed by atoms with Gasteiger partial charge < -0.3 is 15.7 Å². The maximum atomic E-state index is 13.3. The Labute approximate surface area is 123 Å². The van der Waals surface area contributed by atoms with E-state index < -0.39 is 5.82 Å². The van der Waals surface area contributed by atoms with Gasteiger partial charge in [-0.15, -0.1) is 0 Å². The van der Waals surface area contributed by atoms with Crippen molar-refractivity contribution < 1.29 is 14.3 Å². The quantitative estimate of drug-likeness (QED) is 0.393. The Hall–Kier alpha value is -2.05. The van der Waals surface area contributed by atoms with Crippen molar-refractivity contribution in [3.8, 4) is 11.6 Å². The average Bonchev–Trinajstić information content (AvgIpc) is 2.44. The zero-order valence-corrected chi connectivity index (χ0v) is 11.4. The molecule has 1 heterocycles. The zero-order valence-electron chi connectivity index (χ0n) is 9.85. The summed E-state index contributed by atoms with van der Waals surface area (Å²) < 4.78 is 18.7. The van der Waals surface area contributed by atoms with Gasteiger partial charge >= 0.3 is 0 Å². The topological polar surface area (TPSA) is 80.7 Å². The Kier molecular flexibility index (Phi) is 4.26. The molecule has 0 saturated carbocycles. The van der Waals surface area contributed by atoms with Gasteiger partial charge in [0, 0.05) is 17.8 Å². The molecular weight excluding hydrogens is 308 g/mol. The fourth-order valence-corrected chi connectivity index (χ4v) is 1.76. The summed E-state index contributed by atoms with van der Waals surface area (Å²) >= 11 is 11.6. The molecule has 0 atom stereocenters. The molecule has 5 nitrogen and oxygen atoms in total. The van der Waals surface area contributed by atoms with Crippen molar-refractivity contribution in [2.24, 2.45) is 10.9 Å². The molecule has 2 aromatic rings. The predicted molar refractivity (Wildman–Crippen MR) is 73.2 cm³/mol. The second-order valence-electron chi connectivity index (χ2n) is 3.64. The number of amidine groups is 1. The van der Waals surface area contributed by atoms with Crippen molar-refractivity contribution in [2.45, 2.75) is 0 Å². The van der Waals surface area contributed by atoms with E-state index in [0.29, 0.717) is 0 Å². The Balaban J connectivity index is 2.36. The minimum atomic E-state index is -0.632. The molecule has 0 unspecified atom stereocenters. The second-order valence-corrected chi connectivity index (χ2v) is 4.43. The van der Waals surface area contributed by atoms with E-state index in [0.717, 1.165) is 6.07 Å². The lowest BCUT2D eigenvalue weighted by Crippen LogP contribution is -2.14. The number of halogens is 3. The van der Waals surface area contributed by atoms with Gasteiger partial charge in [-0.05, 0) is 18.2 Å². The molecule has 104 valence electrons. The third-order valence-electron chi connectivity index (χ3n) is 2.35. The number of pyridine rings is 1. The molecule has 3 N–H and O–H groups in total. The Morgan fingerprint density at radius 1 is 1.35 bits per heavy atom. The summed E-state index contributed by atoms with van der Waals surface area (Å²) in [6, 6.07) is 5.34. The van der Waals surface area contributed by atoms with Crippen molar-refractivity contribution in [3.63, 3.8) is 0 Å². The van der Waals surface area contributed by atoms with E-state index in [1.807, 2.05) is 0 Å². The number of hydrogen-bond acceptors (Lipinski definition) is 4.